The maximum absolute atomic E-state index is 12.4. The van der Waals surface area contributed by atoms with Gasteiger partial charge in [-0.2, -0.15) is 9.78 Å². The molecule has 1 aromatic carbocycles. The number of nitrogens with zero attached hydrogens (tertiary/aromatic N) is 3. The zero-order valence-electron chi connectivity index (χ0n) is 15.1. The molecular weight excluding hydrogens is 346 g/mol. The smallest absolute Gasteiger partial charge is 0.227 e. The molecular formula is C19H26N5OS+. The fourth-order valence-corrected chi connectivity index (χ4v) is 3.73. The molecule has 1 aliphatic heterocycles. The average molecular weight is 373 g/mol. The zero-order chi connectivity index (χ0) is 18.5. The molecule has 1 aromatic heterocycles. The lowest BCUT2D eigenvalue weighted by Crippen LogP contribution is -3.12. The Bertz CT molecular complexity index is 818. The number of nitrogens with one attached hydrogen (secondary N) is 2. The van der Waals surface area contributed by atoms with Gasteiger partial charge in [0.25, 0.3) is 0 Å². The molecule has 3 rings (SSSR count). The van der Waals surface area contributed by atoms with Crippen LogP contribution < -0.4 is 10.2 Å². The summed E-state index contributed by atoms with van der Waals surface area (Å²) in [5.74, 6) is 1.11. The number of likely N-dealkylation sites (tertiary alicyclic amines) is 1. The van der Waals surface area contributed by atoms with Gasteiger partial charge in [0, 0.05) is 31.0 Å². The third-order valence-corrected chi connectivity index (χ3v) is 5.33. The lowest BCUT2D eigenvalue weighted by molar-refractivity contribution is -0.928. The van der Waals surface area contributed by atoms with Crippen molar-refractivity contribution >= 4 is 23.8 Å². The molecule has 6 nitrogen and oxygen atoms in total. The molecule has 7 heteroatoms. The number of amides is 1. The number of hydrogen-bond donors (Lipinski definition) is 2. The van der Waals surface area contributed by atoms with E-state index in [1.165, 1.54) is 4.90 Å². The molecule has 2 aromatic rings. The summed E-state index contributed by atoms with van der Waals surface area (Å²) in [5.41, 5.74) is 0.863. The molecule has 0 unspecified atom stereocenters. The number of carbonyl (C=O) groups is 1. The van der Waals surface area contributed by atoms with Gasteiger partial charge in [0.1, 0.15) is 5.82 Å². The number of rotatable bonds is 6. The van der Waals surface area contributed by atoms with Gasteiger partial charge in [-0.1, -0.05) is 24.3 Å². The Hall–Kier alpha value is -2.25. The second kappa shape index (κ2) is 8.42. The van der Waals surface area contributed by atoms with Crippen LogP contribution in [0.2, 0.25) is 0 Å². The number of hydrogen-bond acceptors (Lipinski definition) is 3. The van der Waals surface area contributed by atoms with E-state index in [9.17, 15) is 4.79 Å². The van der Waals surface area contributed by atoms with E-state index in [2.05, 4.69) is 17.0 Å². The van der Waals surface area contributed by atoms with Crippen LogP contribution in [0.25, 0.3) is 0 Å². The van der Waals surface area contributed by atoms with Gasteiger partial charge in [-0.15, -0.1) is 6.58 Å². The van der Waals surface area contributed by atoms with Crippen molar-refractivity contribution in [2.75, 3.05) is 18.4 Å². The number of piperidine rings is 1. The Labute approximate surface area is 159 Å². The maximum atomic E-state index is 12.4. The molecule has 26 heavy (non-hydrogen) atoms. The van der Waals surface area contributed by atoms with Crippen molar-refractivity contribution in [3.05, 3.63) is 53.6 Å². The average Bonchev–Trinajstić information content (AvgIpc) is 2.91. The highest BCUT2D eigenvalue weighted by Crippen LogP contribution is 2.14. The molecule has 0 radical (unpaired) electrons. The first kappa shape index (κ1) is 18.5. The molecule has 1 aliphatic rings. The second-order valence-corrected chi connectivity index (χ2v) is 7.13. The number of carbonyl (C=O) groups excluding carboxylic acids is 1. The minimum atomic E-state index is 0.0759. The van der Waals surface area contributed by atoms with Crippen molar-refractivity contribution in [1.82, 2.24) is 14.3 Å². The summed E-state index contributed by atoms with van der Waals surface area (Å²) in [7, 11) is 0. The van der Waals surface area contributed by atoms with Crippen LogP contribution in [0.1, 0.15) is 18.7 Å². The highest BCUT2D eigenvalue weighted by atomic mass is 32.1. The maximum Gasteiger partial charge on any atom is 0.227 e. The molecule has 0 aliphatic carbocycles. The molecule has 0 bridgehead atoms. The molecule has 1 fully saturated rings. The predicted molar refractivity (Wildman–Crippen MR) is 104 cm³/mol. The van der Waals surface area contributed by atoms with E-state index in [4.69, 9.17) is 12.2 Å². The molecule has 0 atom stereocenters. The van der Waals surface area contributed by atoms with Crippen molar-refractivity contribution in [3.8, 4) is 0 Å². The van der Waals surface area contributed by atoms with Crippen LogP contribution in [0.3, 0.4) is 0 Å². The molecule has 138 valence electrons. The molecule has 1 saturated heterocycles. The standard InChI is InChI=1S/C19H25N5OS/c1-3-11-23-15(2)21-24(19(23)26)14-22-12-9-16(10-13-22)18(25)20-17-7-5-4-6-8-17/h3-8,16H,1,9-14H2,2H3,(H,20,25)/p+1. The summed E-state index contributed by atoms with van der Waals surface area (Å²) < 4.78 is 4.62. The number of benzene rings is 1. The Morgan fingerprint density at radius 1 is 1.38 bits per heavy atom. The van der Waals surface area contributed by atoms with Crippen molar-refractivity contribution in [2.45, 2.75) is 33.0 Å². The second-order valence-electron chi connectivity index (χ2n) is 6.77. The molecule has 0 spiro atoms. The first-order valence-corrected chi connectivity index (χ1v) is 9.44. The first-order valence-electron chi connectivity index (χ1n) is 9.03. The predicted octanol–water partition coefficient (Wildman–Crippen LogP) is 1.80. The number of quaternary nitrogens is 1. The summed E-state index contributed by atoms with van der Waals surface area (Å²) in [6.45, 7) is 9.06. The topological polar surface area (TPSA) is 56.3 Å². The summed E-state index contributed by atoms with van der Waals surface area (Å²) >= 11 is 5.52. The SMILES string of the molecule is C=CCn1c(C)nn(C[NH+]2CCC(C(=O)Nc3ccccc3)CC2)c1=S. The van der Waals surface area contributed by atoms with Crippen LogP contribution in [0.5, 0.6) is 0 Å². The van der Waals surface area contributed by atoms with Crippen LogP contribution in [0.15, 0.2) is 43.0 Å². The lowest BCUT2D eigenvalue weighted by atomic mass is 9.96. The van der Waals surface area contributed by atoms with E-state index in [0.29, 0.717) is 6.54 Å². The lowest BCUT2D eigenvalue weighted by Gasteiger charge is -2.28. The number of para-hydroxylation sites is 1. The fourth-order valence-electron chi connectivity index (χ4n) is 3.42. The van der Waals surface area contributed by atoms with Gasteiger partial charge in [0.2, 0.25) is 10.7 Å². The third kappa shape index (κ3) is 4.28. The van der Waals surface area contributed by atoms with E-state index in [1.54, 1.807) is 0 Å². The summed E-state index contributed by atoms with van der Waals surface area (Å²) in [5, 5.41) is 7.58. The van der Waals surface area contributed by atoms with E-state index in [0.717, 1.165) is 48.9 Å². The van der Waals surface area contributed by atoms with E-state index >= 15 is 0 Å². The van der Waals surface area contributed by atoms with Crippen molar-refractivity contribution in [1.29, 1.82) is 0 Å². The van der Waals surface area contributed by atoms with Gasteiger partial charge in [-0.05, 0) is 31.3 Å². The van der Waals surface area contributed by atoms with Crippen molar-refractivity contribution in [2.24, 2.45) is 5.92 Å². The Balaban J connectivity index is 1.54. The fraction of sp³-hybridized carbons (Fsp3) is 0.421. The quantitative estimate of drug-likeness (QED) is 0.601. The van der Waals surface area contributed by atoms with E-state index in [1.807, 2.05) is 52.6 Å². The van der Waals surface area contributed by atoms with Gasteiger partial charge >= 0.3 is 0 Å². The Morgan fingerprint density at radius 2 is 2.08 bits per heavy atom. The summed E-state index contributed by atoms with van der Waals surface area (Å²) in [6.07, 6.45) is 3.60. The number of aromatic nitrogens is 3. The van der Waals surface area contributed by atoms with E-state index < -0.39 is 0 Å². The van der Waals surface area contributed by atoms with Crippen LogP contribution in [-0.4, -0.2) is 33.3 Å². The minimum absolute atomic E-state index is 0.0759. The van der Waals surface area contributed by atoms with Gasteiger partial charge in [-0.3, -0.25) is 4.79 Å². The minimum Gasteiger partial charge on any atom is -0.326 e. The molecule has 2 heterocycles. The van der Waals surface area contributed by atoms with Crippen LogP contribution in [0, 0.1) is 17.6 Å². The summed E-state index contributed by atoms with van der Waals surface area (Å²) in [4.78, 5) is 13.8. The van der Waals surface area contributed by atoms with Crippen LogP contribution in [0.4, 0.5) is 5.69 Å². The molecule has 0 saturated carbocycles. The molecule has 1 amide bonds. The van der Waals surface area contributed by atoms with Gasteiger partial charge < -0.3 is 14.8 Å². The number of allylic oxidation sites excluding steroid dienone is 1. The Morgan fingerprint density at radius 3 is 2.73 bits per heavy atom. The highest BCUT2D eigenvalue weighted by molar-refractivity contribution is 7.71. The third-order valence-electron chi connectivity index (χ3n) is 4.90. The van der Waals surface area contributed by atoms with Crippen molar-refractivity contribution < 1.29 is 9.69 Å². The largest absolute Gasteiger partial charge is 0.326 e. The Kier molecular flexibility index (Phi) is 6.00. The van der Waals surface area contributed by atoms with Gasteiger partial charge in [0.05, 0.1) is 13.1 Å². The van der Waals surface area contributed by atoms with Gasteiger partial charge in [0.15, 0.2) is 6.67 Å². The summed E-state index contributed by atoms with van der Waals surface area (Å²) in [6, 6.07) is 9.64. The van der Waals surface area contributed by atoms with Crippen molar-refractivity contribution in [3.63, 3.8) is 0 Å². The van der Waals surface area contributed by atoms with Crippen LogP contribution >= 0.6 is 12.2 Å². The normalized spacial score (nSPS) is 19.9. The number of anilines is 1. The van der Waals surface area contributed by atoms with Crippen LogP contribution in [-0.2, 0) is 18.0 Å². The monoisotopic (exact) mass is 372 g/mol. The van der Waals surface area contributed by atoms with E-state index in [-0.39, 0.29) is 11.8 Å². The first-order chi connectivity index (χ1) is 12.6. The highest BCUT2D eigenvalue weighted by Gasteiger charge is 2.28. The van der Waals surface area contributed by atoms with Gasteiger partial charge in [-0.25, -0.2) is 0 Å². The zero-order valence-corrected chi connectivity index (χ0v) is 16.0. The molecule has 2 N–H and O–H groups in total. The number of aryl methyl sites for hydroxylation is 1.